The molecule has 23 heavy (non-hydrogen) atoms. The first-order valence-corrected chi connectivity index (χ1v) is 7.58. The highest BCUT2D eigenvalue weighted by molar-refractivity contribution is 6.35. The normalized spacial score (nSPS) is 14.7. The van der Waals surface area contributed by atoms with Crippen LogP contribution in [-0.4, -0.2) is 16.7 Å². The number of nitro benzene ring substituents is 1. The molecule has 1 amide bonds. The molecule has 0 radical (unpaired) electrons. The van der Waals surface area contributed by atoms with Crippen LogP contribution in [0.1, 0.15) is 16.7 Å². The molecule has 0 atom stereocenters. The van der Waals surface area contributed by atoms with Gasteiger partial charge in [-0.1, -0.05) is 6.07 Å². The Balaban J connectivity index is 1.98. The standard InChI is InChI=1S/C17H13ClN2O3/c18-8-7-12-3-6-16-14(9-12)15(17(21)19-16)10-11-1-4-13(5-2-11)20(22)23/h1-6,9-10H,7-8H2,(H,19,21). The number of halogens is 1. The molecular formula is C17H13ClN2O3. The van der Waals surface area contributed by atoms with Crippen molar-refractivity contribution in [3.05, 3.63) is 69.3 Å². The van der Waals surface area contributed by atoms with Gasteiger partial charge in [-0.3, -0.25) is 14.9 Å². The van der Waals surface area contributed by atoms with Crippen molar-refractivity contribution in [2.75, 3.05) is 11.2 Å². The van der Waals surface area contributed by atoms with Gasteiger partial charge >= 0.3 is 0 Å². The van der Waals surface area contributed by atoms with Crippen LogP contribution in [0.15, 0.2) is 42.5 Å². The highest BCUT2D eigenvalue weighted by atomic mass is 35.5. The molecule has 5 nitrogen and oxygen atoms in total. The van der Waals surface area contributed by atoms with Gasteiger partial charge in [0.25, 0.3) is 11.6 Å². The van der Waals surface area contributed by atoms with Crippen molar-refractivity contribution >= 4 is 40.5 Å². The third-order valence-corrected chi connectivity index (χ3v) is 3.85. The van der Waals surface area contributed by atoms with Gasteiger partial charge in [0.15, 0.2) is 0 Å². The average Bonchev–Trinajstić information content (AvgIpc) is 2.84. The second-order valence-corrected chi connectivity index (χ2v) is 5.56. The minimum absolute atomic E-state index is 0.0211. The lowest BCUT2D eigenvalue weighted by Gasteiger charge is -2.03. The van der Waals surface area contributed by atoms with Gasteiger partial charge in [-0.05, 0) is 47.9 Å². The first-order chi connectivity index (χ1) is 11.1. The number of rotatable bonds is 4. The summed E-state index contributed by atoms with van der Waals surface area (Å²) in [5, 5.41) is 13.5. The summed E-state index contributed by atoms with van der Waals surface area (Å²) < 4.78 is 0. The van der Waals surface area contributed by atoms with E-state index in [-0.39, 0.29) is 11.6 Å². The molecule has 1 N–H and O–H groups in total. The molecule has 0 saturated heterocycles. The largest absolute Gasteiger partial charge is 0.321 e. The number of alkyl halides is 1. The maximum Gasteiger partial charge on any atom is 0.269 e. The van der Waals surface area contributed by atoms with Crippen molar-refractivity contribution in [2.45, 2.75) is 6.42 Å². The van der Waals surface area contributed by atoms with E-state index in [9.17, 15) is 14.9 Å². The summed E-state index contributed by atoms with van der Waals surface area (Å²) in [6.07, 6.45) is 2.46. The molecule has 0 aromatic heterocycles. The number of nitrogens with one attached hydrogen (secondary N) is 1. The SMILES string of the molecule is O=C1Nc2ccc(CCCl)cc2C1=Cc1ccc([N+](=O)[O-])cc1. The van der Waals surface area contributed by atoms with Crippen LogP contribution in [0.4, 0.5) is 11.4 Å². The van der Waals surface area contributed by atoms with E-state index in [1.807, 2.05) is 18.2 Å². The summed E-state index contributed by atoms with van der Waals surface area (Å²) in [6.45, 7) is 0. The number of non-ortho nitro benzene ring substituents is 1. The molecule has 2 aromatic rings. The molecule has 1 aliphatic rings. The van der Waals surface area contributed by atoms with E-state index in [1.165, 1.54) is 12.1 Å². The second-order valence-electron chi connectivity index (χ2n) is 5.18. The number of carbonyl (C=O) groups is 1. The number of nitrogens with zero attached hydrogens (tertiary/aromatic N) is 1. The van der Waals surface area contributed by atoms with Gasteiger partial charge in [0.2, 0.25) is 0 Å². The van der Waals surface area contributed by atoms with Crippen LogP contribution < -0.4 is 5.32 Å². The topological polar surface area (TPSA) is 72.2 Å². The zero-order valence-corrected chi connectivity index (χ0v) is 12.8. The van der Waals surface area contributed by atoms with Gasteiger partial charge in [-0.25, -0.2) is 0 Å². The number of hydrogen-bond acceptors (Lipinski definition) is 3. The summed E-state index contributed by atoms with van der Waals surface area (Å²) in [7, 11) is 0. The molecule has 0 unspecified atom stereocenters. The van der Waals surface area contributed by atoms with E-state index in [1.54, 1.807) is 18.2 Å². The quantitative estimate of drug-likeness (QED) is 0.401. The van der Waals surface area contributed by atoms with Crippen molar-refractivity contribution in [3.8, 4) is 0 Å². The van der Waals surface area contributed by atoms with Crippen molar-refractivity contribution in [1.82, 2.24) is 0 Å². The maximum atomic E-state index is 12.2. The van der Waals surface area contributed by atoms with Crippen LogP contribution in [-0.2, 0) is 11.2 Å². The Labute approximate surface area is 137 Å². The summed E-state index contributed by atoms with van der Waals surface area (Å²) >= 11 is 5.77. The molecule has 0 spiro atoms. The first-order valence-electron chi connectivity index (χ1n) is 7.05. The number of benzene rings is 2. The number of carbonyl (C=O) groups excluding carboxylic acids is 1. The van der Waals surface area contributed by atoms with E-state index in [0.29, 0.717) is 11.5 Å². The zero-order valence-electron chi connectivity index (χ0n) is 12.1. The average molecular weight is 329 g/mol. The van der Waals surface area contributed by atoms with Crippen LogP contribution in [0.5, 0.6) is 0 Å². The van der Waals surface area contributed by atoms with Crippen molar-refractivity contribution in [3.63, 3.8) is 0 Å². The Morgan fingerprint density at radius 1 is 1.17 bits per heavy atom. The van der Waals surface area contributed by atoms with Gasteiger partial charge in [0.05, 0.1) is 4.92 Å². The number of nitro groups is 1. The Bertz CT molecular complexity index is 813. The zero-order chi connectivity index (χ0) is 16.4. The van der Waals surface area contributed by atoms with Crippen LogP contribution >= 0.6 is 11.6 Å². The summed E-state index contributed by atoms with van der Waals surface area (Å²) in [5.74, 6) is 0.336. The van der Waals surface area contributed by atoms with Crippen LogP contribution in [0, 0.1) is 10.1 Å². The van der Waals surface area contributed by atoms with Crippen molar-refractivity contribution in [2.24, 2.45) is 0 Å². The smallest absolute Gasteiger partial charge is 0.269 e. The number of anilines is 1. The van der Waals surface area contributed by atoms with Gasteiger partial charge in [-0.15, -0.1) is 11.6 Å². The number of amides is 1. The molecule has 0 bridgehead atoms. The highest BCUT2D eigenvalue weighted by Crippen LogP contribution is 2.34. The monoisotopic (exact) mass is 328 g/mol. The molecule has 1 aliphatic heterocycles. The first kappa shape index (κ1) is 15.2. The van der Waals surface area contributed by atoms with Crippen LogP contribution in [0.25, 0.3) is 11.6 Å². The van der Waals surface area contributed by atoms with E-state index in [2.05, 4.69) is 5.32 Å². The molecule has 6 heteroatoms. The Morgan fingerprint density at radius 3 is 2.57 bits per heavy atom. The van der Waals surface area contributed by atoms with Gasteiger partial charge in [0.1, 0.15) is 0 Å². The fraction of sp³-hybridized carbons (Fsp3) is 0.118. The maximum absolute atomic E-state index is 12.2. The third kappa shape index (κ3) is 3.10. The molecular weight excluding hydrogens is 316 g/mol. The molecule has 2 aromatic carbocycles. The molecule has 1 heterocycles. The van der Waals surface area contributed by atoms with E-state index in [0.717, 1.165) is 28.8 Å². The number of aryl methyl sites for hydroxylation is 1. The fourth-order valence-electron chi connectivity index (χ4n) is 2.50. The van der Waals surface area contributed by atoms with Crippen molar-refractivity contribution < 1.29 is 9.72 Å². The summed E-state index contributed by atoms with van der Waals surface area (Å²) in [4.78, 5) is 22.4. The highest BCUT2D eigenvalue weighted by Gasteiger charge is 2.24. The van der Waals surface area contributed by atoms with Crippen LogP contribution in [0.3, 0.4) is 0 Å². The Hall–Kier alpha value is -2.66. The summed E-state index contributed by atoms with van der Waals surface area (Å²) in [6, 6.07) is 11.8. The number of hydrogen-bond donors (Lipinski definition) is 1. The van der Waals surface area contributed by atoms with Gasteiger partial charge in [0, 0.05) is 34.8 Å². The van der Waals surface area contributed by atoms with E-state index < -0.39 is 4.92 Å². The van der Waals surface area contributed by atoms with Crippen molar-refractivity contribution in [1.29, 1.82) is 0 Å². The third-order valence-electron chi connectivity index (χ3n) is 3.67. The molecule has 3 rings (SSSR count). The molecule has 0 aliphatic carbocycles. The van der Waals surface area contributed by atoms with Gasteiger partial charge in [-0.2, -0.15) is 0 Å². The lowest BCUT2D eigenvalue weighted by atomic mass is 10.0. The summed E-state index contributed by atoms with van der Waals surface area (Å²) in [5.41, 5.74) is 3.96. The molecule has 0 fully saturated rings. The van der Waals surface area contributed by atoms with Crippen LogP contribution in [0.2, 0.25) is 0 Å². The second kappa shape index (κ2) is 6.22. The Morgan fingerprint density at radius 2 is 1.91 bits per heavy atom. The molecule has 0 saturated carbocycles. The number of fused-ring (bicyclic) bond motifs is 1. The van der Waals surface area contributed by atoms with E-state index in [4.69, 9.17) is 11.6 Å². The lowest BCUT2D eigenvalue weighted by molar-refractivity contribution is -0.384. The van der Waals surface area contributed by atoms with E-state index >= 15 is 0 Å². The van der Waals surface area contributed by atoms with Gasteiger partial charge < -0.3 is 5.32 Å². The Kier molecular flexibility index (Phi) is 4.12. The fourth-order valence-corrected chi connectivity index (χ4v) is 2.72. The minimum atomic E-state index is -0.451. The predicted molar refractivity (Wildman–Crippen MR) is 90.5 cm³/mol. The predicted octanol–water partition coefficient (Wildman–Crippen LogP) is 3.87. The lowest BCUT2D eigenvalue weighted by Crippen LogP contribution is -2.03. The minimum Gasteiger partial charge on any atom is -0.321 e. The molecule has 116 valence electrons.